The third-order valence-electron chi connectivity index (χ3n) is 5.14. The SMILES string of the molecule is CC(C)(C)OC(=O)N1C[C@H]2CN(Cc3ccccc3)C[C@@]2(CN)C1. The molecule has 5 nitrogen and oxygen atoms in total. The number of carbonyl (C=O) groups excluding carboxylic acids is 1. The van der Waals surface area contributed by atoms with E-state index in [9.17, 15) is 4.79 Å². The van der Waals surface area contributed by atoms with E-state index in [-0.39, 0.29) is 11.5 Å². The number of likely N-dealkylation sites (tertiary alicyclic amines) is 2. The Labute approximate surface area is 144 Å². The molecule has 3 rings (SSSR count). The van der Waals surface area contributed by atoms with Gasteiger partial charge in [-0.1, -0.05) is 30.3 Å². The molecule has 0 radical (unpaired) electrons. The van der Waals surface area contributed by atoms with Crippen LogP contribution in [-0.2, 0) is 11.3 Å². The van der Waals surface area contributed by atoms with Gasteiger partial charge in [-0.05, 0) is 32.3 Å². The third-order valence-corrected chi connectivity index (χ3v) is 5.14. The van der Waals surface area contributed by atoms with Gasteiger partial charge in [-0.15, -0.1) is 0 Å². The van der Waals surface area contributed by atoms with Gasteiger partial charge in [-0.3, -0.25) is 4.90 Å². The number of nitrogens with two attached hydrogens (primary N) is 1. The van der Waals surface area contributed by atoms with Crippen molar-refractivity contribution in [3.63, 3.8) is 0 Å². The Morgan fingerprint density at radius 3 is 2.54 bits per heavy atom. The van der Waals surface area contributed by atoms with Gasteiger partial charge in [0.1, 0.15) is 5.60 Å². The number of hydrogen-bond donors (Lipinski definition) is 1. The highest BCUT2D eigenvalue weighted by atomic mass is 16.6. The molecule has 2 aliphatic rings. The largest absolute Gasteiger partial charge is 0.444 e. The highest BCUT2D eigenvalue weighted by molar-refractivity contribution is 5.68. The minimum atomic E-state index is -0.454. The highest BCUT2D eigenvalue weighted by Gasteiger charge is 2.53. The number of carbonyl (C=O) groups is 1. The molecule has 2 fully saturated rings. The lowest BCUT2D eigenvalue weighted by atomic mass is 9.81. The fourth-order valence-corrected chi connectivity index (χ4v) is 4.01. The van der Waals surface area contributed by atoms with Gasteiger partial charge in [0.25, 0.3) is 0 Å². The van der Waals surface area contributed by atoms with Gasteiger partial charge in [-0.25, -0.2) is 4.79 Å². The molecule has 0 saturated carbocycles. The van der Waals surface area contributed by atoms with Gasteiger partial charge in [0.05, 0.1) is 0 Å². The zero-order chi connectivity index (χ0) is 17.4. The Bertz CT molecular complexity index is 584. The topological polar surface area (TPSA) is 58.8 Å². The number of benzene rings is 1. The monoisotopic (exact) mass is 331 g/mol. The second-order valence-corrected chi connectivity index (χ2v) is 8.28. The first-order valence-corrected chi connectivity index (χ1v) is 8.76. The summed E-state index contributed by atoms with van der Waals surface area (Å²) in [5.41, 5.74) is 7.03. The zero-order valence-corrected chi connectivity index (χ0v) is 15.0. The summed E-state index contributed by atoms with van der Waals surface area (Å²) in [4.78, 5) is 16.7. The van der Waals surface area contributed by atoms with Crippen LogP contribution in [0.2, 0.25) is 0 Å². The molecule has 2 saturated heterocycles. The Balaban J connectivity index is 1.63. The van der Waals surface area contributed by atoms with Crippen LogP contribution in [0.25, 0.3) is 0 Å². The first-order chi connectivity index (χ1) is 11.3. The van der Waals surface area contributed by atoms with Crippen molar-refractivity contribution < 1.29 is 9.53 Å². The molecule has 24 heavy (non-hydrogen) atoms. The predicted octanol–water partition coefficient (Wildman–Crippen LogP) is 2.31. The summed E-state index contributed by atoms with van der Waals surface area (Å²) in [5.74, 6) is 0.429. The molecule has 2 heterocycles. The number of ether oxygens (including phenoxy) is 1. The van der Waals surface area contributed by atoms with Gasteiger partial charge in [0, 0.05) is 44.7 Å². The van der Waals surface area contributed by atoms with Crippen LogP contribution in [0.15, 0.2) is 30.3 Å². The summed E-state index contributed by atoms with van der Waals surface area (Å²) < 4.78 is 5.53. The highest BCUT2D eigenvalue weighted by Crippen LogP contribution is 2.42. The van der Waals surface area contributed by atoms with Crippen molar-refractivity contribution in [1.82, 2.24) is 9.80 Å². The van der Waals surface area contributed by atoms with E-state index >= 15 is 0 Å². The minimum Gasteiger partial charge on any atom is -0.444 e. The van der Waals surface area contributed by atoms with Crippen molar-refractivity contribution in [3.8, 4) is 0 Å². The molecule has 1 aromatic carbocycles. The van der Waals surface area contributed by atoms with Gasteiger partial charge in [0.2, 0.25) is 0 Å². The Morgan fingerprint density at radius 1 is 1.25 bits per heavy atom. The van der Waals surface area contributed by atoms with E-state index in [4.69, 9.17) is 10.5 Å². The van der Waals surface area contributed by atoms with Gasteiger partial charge in [-0.2, -0.15) is 0 Å². The molecule has 0 unspecified atom stereocenters. The van der Waals surface area contributed by atoms with Gasteiger partial charge >= 0.3 is 6.09 Å². The fourth-order valence-electron chi connectivity index (χ4n) is 4.01. The summed E-state index contributed by atoms with van der Waals surface area (Å²) in [6.45, 7) is 10.7. The van der Waals surface area contributed by atoms with Crippen LogP contribution >= 0.6 is 0 Å². The van der Waals surface area contributed by atoms with Crippen molar-refractivity contribution >= 4 is 6.09 Å². The summed E-state index contributed by atoms with van der Waals surface area (Å²) in [6, 6.07) is 10.5. The van der Waals surface area contributed by atoms with Crippen LogP contribution < -0.4 is 5.73 Å². The summed E-state index contributed by atoms with van der Waals surface area (Å²) in [5, 5.41) is 0. The van der Waals surface area contributed by atoms with Crippen LogP contribution in [-0.4, -0.2) is 54.2 Å². The number of fused-ring (bicyclic) bond motifs is 1. The summed E-state index contributed by atoms with van der Waals surface area (Å²) in [6.07, 6.45) is -0.209. The maximum absolute atomic E-state index is 12.4. The van der Waals surface area contributed by atoms with Crippen molar-refractivity contribution in [1.29, 1.82) is 0 Å². The summed E-state index contributed by atoms with van der Waals surface area (Å²) in [7, 11) is 0. The lowest BCUT2D eigenvalue weighted by molar-refractivity contribution is 0.0260. The Morgan fingerprint density at radius 2 is 1.96 bits per heavy atom. The van der Waals surface area contributed by atoms with E-state index in [1.54, 1.807) is 0 Å². The molecule has 0 aromatic heterocycles. The van der Waals surface area contributed by atoms with Crippen molar-refractivity contribution in [2.24, 2.45) is 17.1 Å². The van der Waals surface area contributed by atoms with Crippen molar-refractivity contribution in [2.75, 3.05) is 32.7 Å². The molecule has 0 aliphatic carbocycles. The molecule has 0 spiro atoms. The molecule has 2 aliphatic heterocycles. The first kappa shape index (κ1) is 17.2. The standard InChI is InChI=1S/C19H29N3O2/c1-18(2,3)24-17(23)22-11-16-10-21(13-19(16,12-20)14-22)9-15-7-5-4-6-8-15/h4-8,16H,9-14,20H2,1-3H3/t16-,19+/m1/s1. The molecule has 2 N–H and O–H groups in total. The smallest absolute Gasteiger partial charge is 0.410 e. The lowest BCUT2D eigenvalue weighted by Crippen LogP contribution is -2.42. The van der Waals surface area contributed by atoms with Gasteiger partial charge < -0.3 is 15.4 Å². The molecular weight excluding hydrogens is 302 g/mol. The van der Waals surface area contributed by atoms with Gasteiger partial charge in [0.15, 0.2) is 0 Å². The van der Waals surface area contributed by atoms with Crippen molar-refractivity contribution in [2.45, 2.75) is 32.9 Å². The van der Waals surface area contributed by atoms with Crippen LogP contribution in [0.4, 0.5) is 4.79 Å². The number of nitrogens with zero attached hydrogens (tertiary/aromatic N) is 2. The molecule has 0 bridgehead atoms. The Hall–Kier alpha value is -1.59. The molecule has 2 atom stereocenters. The van der Waals surface area contributed by atoms with E-state index in [0.29, 0.717) is 19.0 Å². The molecule has 5 heteroatoms. The number of amides is 1. The average Bonchev–Trinajstić information content (AvgIpc) is 3.00. The molecule has 1 amide bonds. The van der Waals surface area contributed by atoms with E-state index in [1.807, 2.05) is 31.7 Å². The maximum Gasteiger partial charge on any atom is 0.410 e. The number of rotatable bonds is 3. The zero-order valence-electron chi connectivity index (χ0n) is 15.0. The average molecular weight is 331 g/mol. The van der Waals surface area contributed by atoms with Crippen LogP contribution in [0.1, 0.15) is 26.3 Å². The van der Waals surface area contributed by atoms with Crippen LogP contribution in [0.3, 0.4) is 0 Å². The van der Waals surface area contributed by atoms with Crippen LogP contribution in [0.5, 0.6) is 0 Å². The second kappa shape index (κ2) is 6.37. The normalized spacial score (nSPS) is 27.3. The molecule has 1 aromatic rings. The third kappa shape index (κ3) is 3.57. The number of hydrogen-bond acceptors (Lipinski definition) is 4. The first-order valence-electron chi connectivity index (χ1n) is 8.76. The minimum absolute atomic E-state index is 0.00564. The fraction of sp³-hybridized carbons (Fsp3) is 0.632. The Kier molecular flexibility index (Phi) is 4.58. The quantitative estimate of drug-likeness (QED) is 0.923. The molecule has 132 valence electrons. The summed E-state index contributed by atoms with van der Waals surface area (Å²) >= 11 is 0. The molecular formula is C19H29N3O2. The maximum atomic E-state index is 12.4. The van der Waals surface area contributed by atoms with E-state index < -0.39 is 5.60 Å². The predicted molar refractivity (Wildman–Crippen MR) is 94.5 cm³/mol. The lowest BCUT2D eigenvalue weighted by Gasteiger charge is -2.29. The van der Waals surface area contributed by atoms with E-state index in [2.05, 4.69) is 29.2 Å². The second-order valence-electron chi connectivity index (χ2n) is 8.28. The van der Waals surface area contributed by atoms with Crippen molar-refractivity contribution in [3.05, 3.63) is 35.9 Å². The van der Waals surface area contributed by atoms with Crippen LogP contribution in [0, 0.1) is 11.3 Å². The van der Waals surface area contributed by atoms with E-state index in [1.165, 1.54) is 5.56 Å². The van der Waals surface area contributed by atoms with E-state index in [0.717, 1.165) is 26.2 Å².